The molecule has 0 aromatic heterocycles. The molecule has 0 aliphatic carbocycles. The average Bonchev–Trinajstić information content (AvgIpc) is 3.46. The Bertz CT molecular complexity index is 769. The molecule has 2 atom stereocenters. The molecular formula is C45H85NO2. The normalized spacial score (nSPS) is 20.6. The van der Waals surface area contributed by atoms with Gasteiger partial charge in [-0.05, 0) is 84.1 Å². The van der Waals surface area contributed by atoms with E-state index >= 15 is 0 Å². The lowest BCUT2D eigenvalue weighted by atomic mass is 9.88. The molecule has 3 nitrogen and oxygen atoms in total. The van der Waals surface area contributed by atoms with Crippen molar-refractivity contribution in [2.45, 2.75) is 231 Å². The van der Waals surface area contributed by atoms with Crippen molar-refractivity contribution in [1.82, 2.24) is 4.90 Å². The van der Waals surface area contributed by atoms with Gasteiger partial charge < -0.3 is 14.4 Å². The fourth-order valence-electron chi connectivity index (χ4n) is 7.92. The van der Waals surface area contributed by atoms with Crippen LogP contribution in [0.4, 0.5) is 0 Å². The monoisotopic (exact) mass is 672 g/mol. The molecule has 1 spiro atoms. The predicted molar refractivity (Wildman–Crippen MR) is 212 cm³/mol. The number of ether oxygens (including phenoxy) is 2. The maximum Gasteiger partial charge on any atom is 0.171 e. The van der Waals surface area contributed by atoms with Crippen LogP contribution < -0.4 is 0 Å². The summed E-state index contributed by atoms with van der Waals surface area (Å²) in [5.74, 6) is 0.127. The number of nitrogens with zero attached hydrogens (tertiary/aromatic N) is 1. The lowest BCUT2D eigenvalue weighted by Crippen LogP contribution is -2.47. The molecule has 2 aliphatic rings. The Morgan fingerprint density at radius 2 is 0.938 bits per heavy atom. The third kappa shape index (κ3) is 20.3. The standard InChI is InChI=1S/C45H85NO2/c1-5-7-9-11-13-15-17-19-21-23-25-27-29-31-33-35-37-45(47-42-44(48-45)38-40-46(4)41-39-44)43(3)36-34-32-30-28-26-24-22-20-18-16-14-12-10-8-6-2/h19-22,43H,5-18,23-42H2,1-4H3. The number of hydrogen-bond acceptors (Lipinski definition) is 3. The molecule has 0 bridgehead atoms. The number of hydrogen-bond donors (Lipinski definition) is 0. The number of piperidine rings is 1. The fraction of sp³-hybridized carbons (Fsp3) is 0.911. The maximum absolute atomic E-state index is 7.12. The molecule has 0 aromatic carbocycles. The largest absolute Gasteiger partial charge is 0.347 e. The van der Waals surface area contributed by atoms with E-state index in [1.54, 1.807) is 0 Å². The van der Waals surface area contributed by atoms with Gasteiger partial charge in [-0.3, -0.25) is 0 Å². The number of rotatable bonds is 32. The van der Waals surface area contributed by atoms with Crippen LogP contribution in [0, 0.1) is 5.92 Å². The Hall–Kier alpha value is -0.640. The van der Waals surface area contributed by atoms with E-state index in [1.165, 1.54) is 180 Å². The molecule has 2 unspecified atom stereocenters. The molecule has 0 aromatic rings. The molecule has 2 fully saturated rings. The highest BCUT2D eigenvalue weighted by molar-refractivity contribution is 4.96. The van der Waals surface area contributed by atoms with Crippen LogP contribution in [0.25, 0.3) is 0 Å². The van der Waals surface area contributed by atoms with Crippen molar-refractivity contribution in [3.63, 3.8) is 0 Å². The minimum absolute atomic E-state index is 0.0358. The van der Waals surface area contributed by atoms with E-state index in [4.69, 9.17) is 9.47 Å². The van der Waals surface area contributed by atoms with E-state index < -0.39 is 0 Å². The summed E-state index contributed by atoms with van der Waals surface area (Å²) < 4.78 is 13.9. The molecule has 0 N–H and O–H groups in total. The second kappa shape index (κ2) is 29.0. The van der Waals surface area contributed by atoms with Gasteiger partial charge in [-0.2, -0.15) is 0 Å². The Labute approximate surface area is 301 Å². The molecule has 0 saturated carbocycles. The van der Waals surface area contributed by atoms with Crippen LogP contribution in [0.15, 0.2) is 24.3 Å². The van der Waals surface area contributed by atoms with Crippen LogP contribution in [-0.4, -0.2) is 43.0 Å². The molecular weight excluding hydrogens is 587 g/mol. The zero-order chi connectivity index (χ0) is 34.4. The summed E-state index contributed by atoms with van der Waals surface area (Å²) >= 11 is 0. The van der Waals surface area contributed by atoms with E-state index in [0.29, 0.717) is 5.92 Å². The lowest BCUT2D eigenvalue weighted by molar-refractivity contribution is -0.229. The SMILES string of the molecule is CCCCCCCCC=CCCCCCCCCC1(C(C)CCCCCCCC=CCCCCCCCC)OCC2(CCN(C)CC2)O1. The van der Waals surface area contributed by atoms with E-state index in [-0.39, 0.29) is 11.4 Å². The summed E-state index contributed by atoms with van der Waals surface area (Å²) in [7, 11) is 2.25. The molecule has 0 radical (unpaired) electrons. The van der Waals surface area contributed by atoms with Gasteiger partial charge in [0.2, 0.25) is 0 Å². The van der Waals surface area contributed by atoms with Crippen LogP contribution in [-0.2, 0) is 9.47 Å². The van der Waals surface area contributed by atoms with Gasteiger partial charge in [0, 0.05) is 25.4 Å². The van der Waals surface area contributed by atoms with E-state index in [1.807, 2.05) is 0 Å². The van der Waals surface area contributed by atoms with E-state index in [0.717, 1.165) is 39.0 Å². The van der Waals surface area contributed by atoms with Crippen molar-refractivity contribution in [2.75, 3.05) is 26.7 Å². The van der Waals surface area contributed by atoms with Crippen LogP contribution >= 0.6 is 0 Å². The number of unbranched alkanes of at least 4 members (excludes halogenated alkanes) is 23. The van der Waals surface area contributed by atoms with Gasteiger partial charge in [0.25, 0.3) is 0 Å². The van der Waals surface area contributed by atoms with Crippen LogP contribution in [0.2, 0.25) is 0 Å². The first-order valence-corrected chi connectivity index (χ1v) is 21.9. The van der Waals surface area contributed by atoms with Gasteiger partial charge in [0.15, 0.2) is 5.79 Å². The predicted octanol–water partition coefficient (Wildman–Crippen LogP) is 14.3. The van der Waals surface area contributed by atoms with E-state index in [9.17, 15) is 0 Å². The van der Waals surface area contributed by atoms with Crippen LogP contribution in [0.5, 0.6) is 0 Å². The summed E-state index contributed by atoms with van der Waals surface area (Å²) in [4.78, 5) is 2.45. The van der Waals surface area contributed by atoms with Crippen molar-refractivity contribution < 1.29 is 9.47 Å². The first kappa shape index (κ1) is 43.5. The van der Waals surface area contributed by atoms with Crippen molar-refractivity contribution in [3.05, 3.63) is 24.3 Å². The summed E-state index contributed by atoms with van der Waals surface area (Å²) in [5.41, 5.74) is -0.0358. The van der Waals surface area contributed by atoms with Crippen molar-refractivity contribution >= 4 is 0 Å². The molecule has 2 heterocycles. The van der Waals surface area contributed by atoms with Gasteiger partial charge in [-0.1, -0.05) is 161 Å². The molecule has 282 valence electrons. The number of likely N-dealkylation sites (tertiary alicyclic amines) is 1. The van der Waals surface area contributed by atoms with Crippen LogP contribution in [0.1, 0.15) is 220 Å². The Morgan fingerprint density at radius 1 is 0.542 bits per heavy atom. The van der Waals surface area contributed by atoms with Crippen molar-refractivity contribution in [1.29, 1.82) is 0 Å². The molecule has 2 saturated heterocycles. The summed E-state index contributed by atoms with van der Waals surface area (Å²) in [6.07, 6.45) is 51.0. The van der Waals surface area contributed by atoms with Crippen molar-refractivity contribution in [3.8, 4) is 0 Å². The van der Waals surface area contributed by atoms with Gasteiger partial charge in [0.05, 0.1) is 12.2 Å². The number of allylic oxidation sites excluding steroid dienone is 4. The van der Waals surface area contributed by atoms with Gasteiger partial charge >= 0.3 is 0 Å². The van der Waals surface area contributed by atoms with Gasteiger partial charge in [-0.15, -0.1) is 0 Å². The highest BCUT2D eigenvalue weighted by Crippen LogP contribution is 2.46. The van der Waals surface area contributed by atoms with E-state index in [2.05, 4.69) is 57.0 Å². The van der Waals surface area contributed by atoms with Gasteiger partial charge in [-0.25, -0.2) is 0 Å². The lowest BCUT2D eigenvalue weighted by Gasteiger charge is -2.40. The first-order valence-electron chi connectivity index (χ1n) is 21.9. The summed E-state index contributed by atoms with van der Waals surface area (Å²) in [6.45, 7) is 10.1. The van der Waals surface area contributed by atoms with Crippen molar-refractivity contribution in [2.24, 2.45) is 5.92 Å². The zero-order valence-corrected chi connectivity index (χ0v) is 33.2. The molecule has 2 rings (SSSR count). The second-order valence-corrected chi connectivity index (χ2v) is 16.2. The average molecular weight is 672 g/mol. The minimum Gasteiger partial charge on any atom is -0.347 e. The maximum atomic E-state index is 7.12. The van der Waals surface area contributed by atoms with Crippen LogP contribution in [0.3, 0.4) is 0 Å². The molecule has 3 heteroatoms. The Morgan fingerprint density at radius 3 is 1.40 bits per heavy atom. The first-order chi connectivity index (χ1) is 23.6. The second-order valence-electron chi connectivity index (χ2n) is 16.2. The summed E-state index contributed by atoms with van der Waals surface area (Å²) in [5, 5.41) is 0. The fourth-order valence-corrected chi connectivity index (χ4v) is 7.92. The minimum atomic E-state index is -0.350. The third-order valence-electron chi connectivity index (χ3n) is 11.6. The quantitative estimate of drug-likeness (QED) is 0.0525. The Kier molecular flexibility index (Phi) is 26.3. The highest BCUT2D eigenvalue weighted by Gasteiger charge is 2.53. The highest BCUT2D eigenvalue weighted by atomic mass is 16.8. The Balaban J connectivity index is 1.58. The molecule has 48 heavy (non-hydrogen) atoms. The molecule has 0 amide bonds. The summed E-state index contributed by atoms with van der Waals surface area (Å²) in [6, 6.07) is 0. The molecule has 2 aliphatic heterocycles. The zero-order valence-electron chi connectivity index (χ0n) is 33.2. The third-order valence-corrected chi connectivity index (χ3v) is 11.6. The topological polar surface area (TPSA) is 21.7 Å². The van der Waals surface area contributed by atoms with Gasteiger partial charge in [0.1, 0.15) is 0 Å². The smallest absolute Gasteiger partial charge is 0.171 e.